The number of nitrogens with zero attached hydrogens (tertiary/aromatic N) is 2. The van der Waals surface area contributed by atoms with Gasteiger partial charge >= 0.3 is 12.4 Å². The molecule has 1 heterocycles. The van der Waals surface area contributed by atoms with E-state index in [4.69, 9.17) is 10.5 Å². The van der Waals surface area contributed by atoms with Crippen LogP contribution in [-0.4, -0.2) is 22.2 Å². The van der Waals surface area contributed by atoms with Gasteiger partial charge in [-0.05, 0) is 37.0 Å². The summed E-state index contributed by atoms with van der Waals surface area (Å²) < 4.78 is 46.4. The van der Waals surface area contributed by atoms with Crippen molar-refractivity contribution >= 4 is 5.91 Å². The number of benzene rings is 1. The van der Waals surface area contributed by atoms with Crippen LogP contribution in [0.4, 0.5) is 13.2 Å². The zero-order valence-corrected chi connectivity index (χ0v) is 13.3. The molecule has 9 heteroatoms. The van der Waals surface area contributed by atoms with E-state index in [9.17, 15) is 18.0 Å². The van der Waals surface area contributed by atoms with E-state index in [1.165, 1.54) is 31.5 Å². The van der Waals surface area contributed by atoms with E-state index < -0.39 is 6.36 Å². The molecule has 0 saturated carbocycles. The van der Waals surface area contributed by atoms with Crippen molar-refractivity contribution in [1.29, 1.82) is 0 Å². The lowest BCUT2D eigenvalue weighted by Gasteiger charge is -2.12. The molecule has 0 aliphatic rings. The summed E-state index contributed by atoms with van der Waals surface area (Å²) in [5, 5.41) is 0. The number of hydrogen-bond acceptors (Lipinski definition) is 5. The summed E-state index contributed by atoms with van der Waals surface area (Å²) in [6.07, 6.45) is -0.322. The third-order valence-corrected chi connectivity index (χ3v) is 3.16. The monoisotopic (exact) mass is 355 g/mol. The van der Waals surface area contributed by atoms with Gasteiger partial charge in [0.05, 0.1) is 0 Å². The maximum Gasteiger partial charge on any atom is 0.573 e. The average molecular weight is 355 g/mol. The zero-order valence-electron chi connectivity index (χ0n) is 13.3. The van der Waals surface area contributed by atoms with Crippen molar-refractivity contribution in [2.24, 2.45) is 5.73 Å². The van der Waals surface area contributed by atoms with Gasteiger partial charge in [0, 0.05) is 24.9 Å². The van der Waals surface area contributed by atoms with Crippen LogP contribution in [0.15, 0.2) is 30.6 Å². The Bertz CT molecular complexity index is 734. The number of hydrogen-bond donors (Lipinski definition) is 1. The summed E-state index contributed by atoms with van der Waals surface area (Å²) in [5.41, 5.74) is 6.16. The SMILES string of the molecule is Cc1ccc(Oc2ncc(CCCC(N)=O)cn2)cc1OC(F)(F)F. The standard InChI is InChI=1S/C16H16F3N3O3/c1-10-5-6-12(7-13(10)25-16(17,18)19)24-15-21-8-11(9-22-15)3-2-4-14(20)23/h5-9H,2-4H2,1H3,(H2,20,23). The Morgan fingerprint density at radius 3 is 2.52 bits per heavy atom. The highest BCUT2D eigenvalue weighted by atomic mass is 19.4. The maximum atomic E-state index is 12.4. The molecular formula is C16H16F3N3O3. The van der Waals surface area contributed by atoms with Crippen molar-refractivity contribution in [3.8, 4) is 17.5 Å². The molecule has 2 N–H and O–H groups in total. The molecule has 2 rings (SSSR count). The molecule has 1 aromatic carbocycles. The van der Waals surface area contributed by atoms with E-state index in [1.54, 1.807) is 0 Å². The number of aromatic nitrogens is 2. The number of primary amides is 1. The Hall–Kier alpha value is -2.84. The lowest BCUT2D eigenvalue weighted by atomic mass is 10.1. The molecule has 0 aliphatic carbocycles. The molecule has 0 radical (unpaired) electrons. The fourth-order valence-electron chi connectivity index (χ4n) is 1.98. The van der Waals surface area contributed by atoms with Crippen LogP contribution in [0.1, 0.15) is 24.0 Å². The number of halogens is 3. The van der Waals surface area contributed by atoms with E-state index in [2.05, 4.69) is 14.7 Å². The molecular weight excluding hydrogens is 339 g/mol. The van der Waals surface area contributed by atoms with Gasteiger partial charge < -0.3 is 15.2 Å². The van der Waals surface area contributed by atoms with Crippen LogP contribution in [0.25, 0.3) is 0 Å². The Morgan fingerprint density at radius 1 is 1.24 bits per heavy atom. The first-order chi connectivity index (χ1) is 11.7. The summed E-state index contributed by atoms with van der Waals surface area (Å²) in [4.78, 5) is 18.6. The average Bonchev–Trinajstić information content (AvgIpc) is 2.51. The number of carbonyl (C=O) groups excluding carboxylic acids is 1. The van der Waals surface area contributed by atoms with Crippen LogP contribution < -0.4 is 15.2 Å². The van der Waals surface area contributed by atoms with E-state index in [1.807, 2.05) is 0 Å². The van der Waals surface area contributed by atoms with Gasteiger partial charge in [-0.15, -0.1) is 13.2 Å². The Morgan fingerprint density at radius 2 is 1.92 bits per heavy atom. The Labute approximate surface area is 141 Å². The molecule has 25 heavy (non-hydrogen) atoms. The van der Waals surface area contributed by atoms with Crippen molar-refractivity contribution in [3.05, 3.63) is 41.7 Å². The van der Waals surface area contributed by atoms with Crippen LogP contribution in [0, 0.1) is 6.92 Å². The molecule has 6 nitrogen and oxygen atoms in total. The normalized spacial score (nSPS) is 11.2. The van der Waals surface area contributed by atoms with Gasteiger partial charge in [0.25, 0.3) is 0 Å². The molecule has 0 bridgehead atoms. The molecule has 1 aromatic heterocycles. The van der Waals surface area contributed by atoms with Gasteiger partial charge in [-0.1, -0.05) is 6.07 Å². The topological polar surface area (TPSA) is 87.3 Å². The van der Waals surface area contributed by atoms with E-state index >= 15 is 0 Å². The highest BCUT2D eigenvalue weighted by Crippen LogP contribution is 2.30. The quantitative estimate of drug-likeness (QED) is 0.823. The lowest BCUT2D eigenvalue weighted by Crippen LogP contribution is -2.17. The predicted octanol–water partition coefficient (Wildman–Crippen LogP) is 3.28. The highest BCUT2D eigenvalue weighted by Gasteiger charge is 2.31. The van der Waals surface area contributed by atoms with E-state index in [0.717, 1.165) is 11.6 Å². The van der Waals surface area contributed by atoms with Crippen molar-refractivity contribution in [3.63, 3.8) is 0 Å². The van der Waals surface area contributed by atoms with Crippen LogP contribution in [0.5, 0.6) is 17.5 Å². The third-order valence-electron chi connectivity index (χ3n) is 3.16. The van der Waals surface area contributed by atoms with Crippen LogP contribution >= 0.6 is 0 Å². The first-order valence-electron chi connectivity index (χ1n) is 7.36. The second kappa shape index (κ2) is 7.82. The Kier molecular flexibility index (Phi) is 5.79. The molecule has 0 aliphatic heterocycles. The lowest BCUT2D eigenvalue weighted by molar-refractivity contribution is -0.274. The number of carbonyl (C=O) groups is 1. The van der Waals surface area contributed by atoms with Gasteiger partial charge in [0.2, 0.25) is 5.91 Å². The Balaban J connectivity index is 2.02. The molecule has 0 atom stereocenters. The van der Waals surface area contributed by atoms with Gasteiger partial charge in [0.1, 0.15) is 11.5 Å². The molecule has 134 valence electrons. The number of rotatable bonds is 7. The van der Waals surface area contributed by atoms with E-state index in [-0.39, 0.29) is 29.8 Å². The molecule has 0 spiro atoms. The second-order valence-corrected chi connectivity index (χ2v) is 5.27. The smallest absolute Gasteiger partial charge is 0.424 e. The molecule has 0 saturated heterocycles. The summed E-state index contributed by atoms with van der Waals surface area (Å²) in [7, 11) is 0. The number of ether oxygens (including phenoxy) is 2. The third kappa shape index (κ3) is 6.28. The molecule has 2 aromatic rings. The summed E-state index contributed by atoms with van der Waals surface area (Å²) in [5.74, 6) is -0.614. The number of nitrogens with two attached hydrogens (primary N) is 1. The van der Waals surface area contributed by atoms with Crippen molar-refractivity contribution in [2.75, 3.05) is 0 Å². The van der Waals surface area contributed by atoms with Crippen molar-refractivity contribution < 1.29 is 27.4 Å². The number of aryl methyl sites for hydroxylation is 2. The molecule has 1 amide bonds. The number of alkyl halides is 3. The molecule has 0 fully saturated rings. The first kappa shape index (κ1) is 18.5. The zero-order chi connectivity index (χ0) is 18.4. The fourth-order valence-corrected chi connectivity index (χ4v) is 1.98. The second-order valence-electron chi connectivity index (χ2n) is 5.27. The molecule has 0 unspecified atom stereocenters. The van der Waals surface area contributed by atoms with Gasteiger partial charge in [-0.25, -0.2) is 9.97 Å². The minimum atomic E-state index is -4.79. The maximum absolute atomic E-state index is 12.4. The van der Waals surface area contributed by atoms with Crippen molar-refractivity contribution in [2.45, 2.75) is 32.5 Å². The highest BCUT2D eigenvalue weighted by molar-refractivity contribution is 5.73. The minimum absolute atomic E-state index is 0.0135. The first-order valence-corrected chi connectivity index (χ1v) is 7.36. The number of amides is 1. The van der Waals surface area contributed by atoms with Gasteiger partial charge in [-0.3, -0.25) is 4.79 Å². The fraction of sp³-hybridized carbons (Fsp3) is 0.312. The van der Waals surface area contributed by atoms with E-state index in [0.29, 0.717) is 18.4 Å². The van der Waals surface area contributed by atoms with Crippen LogP contribution in [0.2, 0.25) is 0 Å². The van der Waals surface area contributed by atoms with Gasteiger partial charge in [-0.2, -0.15) is 0 Å². The summed E-state index contributed by atoms with van der Waals surface area (Å²) in [6.45, 7) is 1.49. The largest absolute Gasteiger partial charge is 0.573 e. The van der Waals surface area contributed by atoms with Crippen LogP contribution in [-0.2, 0) is 11.2 Å². The minimum Gasteiger partial charge on any atom is -0.424 e. The van der Waals surface area contributed by atoms with Crippen LogP contribution in [0.3, 0.4) is 0 Å². The van der Waals surface area contributed by atoms with Gasteiger partial charge in [0.15, 0.2) is 0 Å². The predicted molar refractivity (Wildman–Crippen MR) is 82.1 cm³/mol. The summed E-state index contributed by atoms with van der Waals surface area (Å²) in [6, 6.07) is 4.03. The summed E-state index contributed by atoms with van der Waals surface area (Å²) >= 11 is 0. The van der Waals surface area contributed by atoms with Crippen molar-refractivity contribution in [1.82, 2.24) is 9.97 Å².